The van der Waals surface area contributed by atoms with E-state index in [0.29, 0.717) is 12.6 Å². The van der Waals surface area contributed by atoms with Gasteiger partial charge in [-0.05, 0) is 40.2 Å². The zero-order valence-corrected chi connectivity index (χ0v) is 13.7. The van der Waals surface area contributed by atoms with Crippen LogP contribution in [-0.2, 0) is 14.3 Å². The van der Waals surface area contributed by atoms with Crippen molar-refractivity contribution in [3.05, 3.63) is 0 Å². The Morgan fingerprint density at radius 3 is 2.86 bits per heavy atom. The van der Waals surface area contributed by atoms with E-state index >= 15 is 0 Å². The molecular formula is C16H30N2O3. The van der Waals surface area contributed by atoms with E-state index in [1.54, 1.807) is 0 Å². The molecule has 2 aliphatic rings. The topological polar surface area (TPSA) is 42.0 Å². The van der Waals surface area contributed by atoms with Crippen molar-refractivity contribution < 1.29 is 14.3 Å². The van der Waals surface area contributed by atoms with E-state index in [1.807, 2.05) is 6.92 Å². The quantitative estimate of drug-likeness (QED) is 0.717. The fourth-order valence-electron chi connectivity index (χ4n) is 3.28. The fraction of sp³-hybridized carbons (Fsp3) is 0.938. The van der Waals surface area contributed by atoms with Gasteiger partial charge in [0, 0.05) is 32.2 Å². The number of carbonyl (C=O) groups is 1. The van der Waals surface area contributed by atoms with Gasteiger partial charge < -0.3 is 9.47 Å². The van der Waals surface area contributed by atoms with Gasteiger partial charge in [0.1, 0.15) is 0 Å². The minimum atomic E-state index is -0.0319. The maximum atomic E-state index is 11.9. The molecule has 5 heteroatoms. The van der Waals surface area contributed by atoms with Crippen LogP contribution in [0.2, 0.25) is 0 Å². The summed E-state index contributed by atoms with van der Waals surface area (Å²) in [7, 11) is 0. The number of hydrogen-bond acceptors (Lipinski definition) is 5. The summed E-state index contributed by atoms with van der Waals surface area (Å²) in [4.78, 5) is 16.7. The van der Waals surface area contributed by atoms with Crippen molar-refractivity contribution in [2.45, 2.75) is 45.8 Å². The Morgan fingerprint density at radius 2 is 2.14 bits per heavy atom. The van der Waals surface area contributed by atoms with E-state index in [1.165, 1.54) is 0 Å². The van der Waals surface area contributed by atoms with Gasteiger partial charge in [-0.1, -0.05) is 0 Å². The van der Waals surface area contributed by atoms with Crippen LogP contribution in [0.5, 0.6) is 0 Å². The highest BCUT2D eigenvalue weighted by Crippen LogP contribution is 2.19. The van der Waals surface area contributed by atoms with Crippen molar-refractivity contribution in [1.29, 1.82) is 0 Å². The van der Waals surface area contributed by atoms with Gasteiger partial charge in [0.05, 0.1) is 25.2 Å². The van der Waals surface area contributed by atoms with Crippen LogP contribution in [0.4, 0.5) is 0 Å². The van der Waals surface area contributed by atoms with Crippen LogP contribution in [0.1, 0.15) is 33.6 Å². The molecule has 0 aliphatic carbocycles. The Bertz CT molecular complexity index is 335. The second-order valence-electron chi connectivity index (χ2n) is 6.43. The maximum Gasteiger partial charge on any atom is 0.310 e. The first-order valence-corrected chi connectivity index (χ1v) is 8.34. The van der Waals surface area contributed by atoms with Crippen LogP contribution >= 0.6 is 0 Å². The molecule has 2 saturated heterocycles. The highest BCUT2D eigenvalue weighted by molar-refractivity contribution is 5.72. The summed E-state index contributed by atoms with van der Waals surface area (Å²) < 4.78 is 11.1. The van der Waals surface area contributed by atoms with Crippen molar-refractivity contribution in [1.82, 2.24) is 9.80 Å². The highest BCUT2D eigenvalue weighted by Gasteiger charge is 2.30. The molecule has 0 saturated carbocycles. The molecule has 0 spiro atoms. The Kier molecular flexibility index (Phi) is 6.45. The average Bonchev–Trinajstić information content (AvgIpc) is 2.48. The lowest BCUT2D eigenvalue weighted by molar-refractivity contribution is -0.150. The minimum absolute atomic E-state index is 0.0319. The molecule has 2 aliphatic heterocycles. The minimum Gasteiger partial charge on any atom is -0.466 e. The molecule has 2 rings (SSSR count). The summed E-state index contributed by atoms with van der Waals surface area (Å²) in [5, 5.41) is 0. The summed E-state index contributed by atoms with van der Waals surface area (Å²) >= 11 is 0. The summed E-state index contributed by atoms with van der Waals surface area (Å²) in [6.45, 7) is 12.5. The Morgan fingerprint density at radius 1 is 1.33 bits per heavy atom. The molecule has 1 unspecified atom stereocenters. The van der Waals surface area contributed by atoms with E-state index < -0.39 is 0 Å². The molecule has 0 radical (unpaired) electrons. The van der Waals surface area contributed by atoms with Gasteiger partial charge in [0.2, 0.25) is 0 Å². The number of carbonyl (C=O) groups excluding carboxylic acids is 1. The van der Waals surface area contributed by atoms with E-state index in [0.717, 1.165) is 52.2 Å². The maximum absolute atomic E-state index is 11.9. The van der Waals surface area contributed by atoms with Gasteiger partial charge in [0.15, 0.2) is 0 Å². The summed E-state index contributed by atoms with van der Waals surface area (Å²) in [5.41, 5.74) is 0. The lowest BCUT2D eigenvalue weighted by Crippen LogP contribution is -2.51. The van der Waals surface area contributed by atoms with Gasteiger partial charge >= 0.3 is 5.97 Å². The molecule has 0 aromatic rings. The van der Waals surface area contributed by atoms with Gasteiger partial charge in [0.25, 0.3) is 0 Å². The summed E-state index contributed by atoms with van der Waals surface area (Å²) in [6.07, 6.45) is 2.30. The standard InChI is InChI=1S/C16H30N2O3/c1-4-20-16(19)14-6-5-7-17(10-14)11-15-12-18(13(2)3)8-9-21-15/h13-15H,4-12H2,1-3H3/t14-,15?/m0/s1. The van der Waals surface area contributed by atoms with Crippen LogP contribution in [0.25, 0.3) is 0 Å². The van der Waals surface area contributed by atoms with Gasteiger partial charge in [-0.15, -0.1) is 0 Å². The predicted octanol–water partition coefficient (Wildman–Crippen LogP) is 1.37. The molecule has 0 aromatic carbocycles. The van der Waals surface area contributed by atoms with E-state index in [-0.39, 0.29) is 18.0 Å². The molecule has 0 aromatic heterocycles. The highest BCUT2D eigenvalue weighted by atomic mass is 16.5. The Balaban J connectivity index is 1.80. The summed E-state index contributed by atoms with van der Waals surface area (Å²) in [6, 6.07) is 0.574. The smallest absolute Gasteiger partial charge is 0.310 e. The molecule has 2 fully saturated rings. The molecule has 122 valence electrons. The molecule has 0 bridgehead atoms. The average molecular weight is 298 g/mol. The third-order valence-electron chi connectivity index (χ3n) is 4.49. The predicted molar refractivity (Wildman–Crippen MR) is 82.2 cm³/mol. The SMILES string of the molecule is CCOC(=O)[C@H]1CCCN(CC2CN(C(C)C)CCO2)C1. The molecular weight excluding hydrogens is 268 g/mol. The number of esters is 1. The first kappa shape index (κ1) is 16.7. The summed E-state index contributed by atoms with van der Waals surface area (Å²) in [5.74, 6) is 0.0130. The van der Waals surface area contributed by atoms with Gasteiger partial charge in [-0.25, -0.2) is 0 Å². The van der Waals surface area contributed by atoms with Crippen LogP contribution < -0.4 is 0 Å². The molecule has 2 heterocycles. The third kappa shape index (κ3) is 4.94. The fourth-order valence-corrected chi connectivity index (χ4v) is 3.28. The van der Waals surface area contributed by atoms with Crippen LogP contribution in [-0.4, -0.2) is 73.9 Å². The second-order valence-corrected chi connectivity index (χ2v) is 6.43. The Hall–Kier alpha value is -0.650. The lowest BCUT2D eigenvalue weighted by atomic mass is 9.98. The second kappa shape index (κ2) is 8.11. The normalized spacial score (nSPS) is 28.8. The van der Waals surface area contributed by atoms with E-state index in [9.17, 15) is 4.79 Å². The number of nitrogens with zero attached hydrogens (tertiary/aromatic N) is 2. The molecule has 0 N–H and O–H groups in total. The number of morpholine rings is 1. The van der Waals surface area contributed by atoms with Crippen molar-refractivity contribution >= 4 is 5.97 Å². The molecule has 5 nitrogen and oxygen atoms in total. The van der Waals surface area contributed by atoms with Gasteiger partial charge in [-0.2, -0.15) is 0 Å². The first-order valence-electron chi connectivity index (χ1n) is 8.34. The molecule has 21 heavy (non-hydrogen) atoms. The molecule has 0 amide bonds. The zero-order valence-electron chi connectivity index (χ0n) is 13.7. The molecule has 2 atom stereocenters. The van der Waals surface area contributed by atoms with Crippen LogP contribution in [0, 0.1) is 5.92 Å². The van der Waals surface area contributed by atoms with Crippen molar-refractivity contribution in [3.8, 4) is 0 Å². The largest absolute Gasteiger partial charge is 0.466 e. The van der Waals surface area contributed by atoms with E-state index in [4.69, 9.17) is 9.47 Å². The number of piperidine rings is 1. The van der Waals surface area contributed by atoms with Crippen molar-refractivity contribution in [2.24, 2.45) is 5.92 Å². The Labute approximate surface area is 128 Å². The number of ether oxygens (including phenoxy) is 2. The van der Waals surface area contributed by atoms with Crippen molar-refractivity contribution in [2.75, 3.05) is 45.9 Å². The lowest BCUT2D eigenvalue weighted by Gasteiger charge is -2.39. The zero-order chi connectivity index (χ0) is 15.2. The van der Waals surface area contributed by atoms with Gasteiger partial charge in [-0.3, -0.25) is 14.6 Å². The van der Waals surface area contributed by atoms with Crippen LogP contribution in [0.3, 0.4) is 0 Å². The van der Waals surface area contributed by atoms with E-state index in [2.05, 4.69) is 23.6 Å². The van der Waals surface area contributed by atoms with Crippen LogP contribution in [0.15, 0.2) is 0 Å². The van der Waals surface area contributed by atoms with Crippen molar-refractivity contribution in [3.63, 3.8) is 0 Å². The number of rotatable bonds is 5. The monoisotopic (exact) mass is 298 g/mol. The number of likely N-dealkylation sites (tertiary alicyclic amines) is 1. The first-order chi connectivity index (χ1) is 10.1. The number of hydrogen-bond donors (Lipinski definition) is 0. The third-order valence-corrected chi connectivity index (χ3v) is 4.49.